The van der Waals surface area contributed by atoms with Gasteiger partial charge in [0.05, 0.1) is 15.8 Å². The van der Waals surface area contributed by atoms with Gasteiger partial charge in [-0.3, -0.25) is 0 Å². The number of anilines is 5. The van der Waals surface area contributed by atoms with E-state index in [-0.39, 0.29) is 17.2 Å². The van der Waals surface area contributed by atoms with Crippen molar-refractivity contribution in [2.75, 3.05) is 16.4 Å². The number of aryl methyl sites for hydroxylation is 1. The Kier molecular flexibility index (Phi) is 4.71. The number of hydrogen-bond acceptors (Lipinski definition) is 7. The second-order valence-electron chi connectivity index (χ2n) is 6.25. The lowest BCUT2D eigenvalue weighted by atomic mass is 10.2. The molecule has 29 heavy (non-hydrogen) atoms. The Bertz CT molecular complexity index is 1190. The minimum absolute atomic E-state index is 0.167. The molecular weight excluding hydrogens is 401 g/mol. The summed E-state index contributed by atoms with van der Waals surface area (Å²) in [6, 6.07) is 10.7. The van der Waals surface area contributed by atoms with Crippen molar-refractivity contribution < 1.29 is 13.2 Å². The van der Waals surface area contributed by atoms with Gasteiger partial charge in [-0.25, -0.2) is 15.0 Å². The molecule has 0 unspecified atom stereocenters. The van der Waals surface area contributed by atoms with Crippen LogP contribution in [0.3, 0.4) is 0 Å². The molecule has 2 heterocycles. The summed E-state index contributed by atoms with van der Waals surface area (Å²) in [4.78, 5) is 12.7. The van der Waals surface area contributed by atoms with Gasteiger partial charge in [0.25, 0.3) is 0 Å². The van der Waals surface area contributed by atoms with Crippen molar-refractivity contribution in [3.8, 4) is 0 Å². The van der Waals surface area contributed by atoms with E-state index in [9.17, 15) is 13.2 Å². The van der Waals surface area contributed by atoms with E-state index in [0.29, 0.717) is 10.9 Å². The second-order valence-corrected chi connectivity index (χ2v) is 7.28. The Morgan fingerprint density at radius 1 is 1.00 bits per heavy atom. The highest BCUT2D eigenvalue weighted by Gasteiger charge is 2.30. The highest BCUT2D eigenvalue weighted by Crippen LogP contribution is 2.34. The van der Waals surface area contributed by atoms with Crippen molar-refractivity contribution in [1.82, 2.24) is 15.0 Å². The lowest BCUT2D eigenvalue weighted by molar-refractivity contribution is -0.137. The number of rotatable bonds is 4. The lowest BCUT2D eigenvalue weighted by Gasteiger charge is -2.13. The molecule has 0 bridgehead atoms. The summed E-state index contributed by atoms with van der Waals surface area (Å²) in [6.07, 6.45) is -3.17. The van der Waals surface area contributed by atoms with E-state index in [1.807, 2.05) is 25.1 Å². The highest BCUT2D eigenvalue weighted by molar-refractivity contribution is 7.22. The average Bonchev–Trinajstić information content (AvgIpc) is 3.09. The molecule has 2 aromatic carbocycles. The molecule has 0 aliphatic heterocycles. The van der Waals surface area contributed by atoms with Crippen LogP contribution in [0, 0.1) is 6.92 Å². The number of alkyl halides is 3. The Morgan fingerprint density at radius 2 is 1.72 bits per heavy atom. The molecule has 6 nitrogen and oxygen atoms in total. The van der Waals surface area contributed by atoms with Crippen LogP contribution in [-0.4, -0.2) is 15.0 Å². The van der Waals surface area contributed by atoms with Crippen LogP contribution in [0.25, 0.3) is 10.2 Å². The summed E-state index contributed by atoms with van der Waals surface area (Å²) in [5.74, 6) is 0.505. The number of para-hydroxylation sites is 1. The zero-order valence-corrected chi connectivity index (χ0v) is 15.9. The molecule has 0 saturated carbocycles. The molecule has 4 aromatic rings. The van der Waals surface area contributed by atoms with Crippen molar-refractivity contribution >= 4 is 49.7 Å². The van der Waals surface area contributed by atoms with Gasteiger partial charge in [0.1, 0.15) is 12.0 Å². The minimum atomic E-state index is -4.44. The van der Waals surface area contributed by atoms with Crippen LogP contribution in [0.4, 0.5) is 41.3 Å². The fourth-order valence-corrected chi connectivity index (χ4v) is 3.69. The van der Waals surface area contributed by atoms with Gasteiger partial charge in [-0.1, -0.05) is 29.5 Å². The third-order valence-corrected chi connectivity index (χ3v) is 5.12. The molecule has 0 atom stereocenters. The Balaban J connectivity index is 1.61. The van der Waals surface area contributed by atoms with Gasteiger partial charge >= 0.3 is 6.18 Å². The molecule has 4 rings (SSSR count). The first-order valence-electron chi connectivity index (χ1n) is 8.49. The first kappa shape index (κ1) is 18.9. The molecule has 0 amide bonds. The standard InChI is InChI=1S/C19H15F3N6S/c1-10-4-2-7-13-15(10)27-18(29-13)28-17-14(23)16(24-9-25-17)26-12-6-3-5-11(8-12)19(20,21)22/h2-9H,23H2,1H3,(H2,24,25,26,27,28). The Hall–Kier alpha value is -3.40. The largest absolute Gasteiger partial charge is 0.416 e. The number of thiazole rings is 1. The molecule has 0 saturated heterocycles. The second kappa shape index (κ2) is 7.21. The number of benzene rings is 2. The molecule has 148 valence electrons. The van der Waals surface area contributed by atoms with Crippen molar-refractivity contribution in [2.45, 2.75) is 13.1 Å². The Labute approximate surface area is 167 Å². The first-order chi connectivity index (χ1) is 13.8. The van der Waals surface area contributed by atoms with Gasteiger partial charge in [-0.05, 0) is 36.8 Å². The SMILES string of the molecule is Cc1cccc2sc(Nc3ncnc(Nc4cccc(C(F)(F)F)c4)c3N)nc12. The first-order valence-corrected chi connectivity index (χ1v) is 9.31. The fourth-order valence-electron chi connectivity index (χ4n) is 2.75. The summed E-state index contributed by atoms with van der Waals surface area (Å²) in [5.41, 5.74) is 7.68. The average molecular weight is 416 g/mol. The predicted molar refractivity (Wildman–Crippen MR) is 109 cm³/mol. The molecular formula is C19H15F3N6S. The van der Waals surface area contributed by atoms with E-state index in [1.54, 1.807) is 0 Å². The number of nitrogen functional groups attached to an aromatic ring is 1. The van der Waals surface area contributed by atoms with E-state index in [1.165, 1.54) is 29.8 Å². The van der Waals surface area contributed by atoms with Gasteiger partial charge in [-0.2, -0.15) is 13.2 Å². The van der Waals surface area contributed by atoms with E-state index >= 15 is 0 Å². The molecule has 0 aliphatic rings. The Morgan fingerprint density at radius 3 is 2.45 bits per heavy atom. The quantitative estimate of drug-likeness (QED) is 0.408. The maximum absolute atomic E-state index is 12.9. The maximum Gasteiger partial charge on any atom is 0.416 e. The maximum atomic E-state index is 12.9. The third kappa shape index (κ3) is 3.92. The predicted octanol–water partition coefficient (Wildman–Crippen LogP) is 5.48. The molecule has 0 aliphatic carbocycles. The van der Waals surface area contributed by atoms with Crippen molar-refractivity contribution in [2.24, 2.45) is 0 Å². The molecule has 0 spiro atoms. The number of nitrogens with zero attached hydrogens (tertiary/aromatic N) is 3. The zero-order valence-electron chi connectivity index (χ0n) is 15.1. The van der Waals surface area contributed by atoms with Gasteiger partial charge in [0, 0.05) is 5.69 Å². The topological polar surface area (TPSA) is 88.8 Å². The lowest BCUT2D eigenvalue weighted by Crippen LogP contribution is -2.07. The van der Waals surface area contributed by atoms with Crippen LogP contribution in [0.15, 0.2) is 48.8 Å². The molecule has 10 heteroatoms. The molecule has 2 aromatic heterocycles. The van der Waals surface area contributed by atoms with Crippen molar-refractivity contribution in [3.63, 3.8) is 0 Å². The van der Waals surface area contributed by atoms with E-state index in [2.05, 4.69) is 25.6 Å². The van der Waals surface area contributed by atoms with E-state index < -0.39 is 11.7 Å². The fraction of sp³-hybridized carbons (Fsp3) is 0.105. The summed E-state index contributed by atoms with van der Waals surface area (Å²) >= 11 is 1.45. The van der Waals surface area contributed by atoms with Crippen molar-refractivity contribution in [1.29, 1.82) is 0 Å². The van der Waals surface area contributed by atoms with Crippen LogP contribution in [0.5, 0.6) is 0 Å². The molecule has 0 fully saturated rings. The number of fused-ring (bicyclic) bond motifs is 1. The van der Waals surface area contributed by atoms with Gasteiger partial charge in [0.15, 0.2) is 16.8 Å². The van der Waals surface area contributed by atoms with Crippen LogP contribution < -0.4 is 16.4 Å². The monoisotopic (exact) mass is 416 g/mol. The minimum Gasteiger partial charge on any atom is -0.393 e. The number of hydrogen-bond donors (Lipinski definition) is 3. The summed E-state index contributed by atoms with van der Waals surface area (Å²) in [6.45, 7) is 1.97. The third-order valence-electron chi connectivity index (χ3n) is 4.18. The van der Waals surface area contributed by atoms with Crippen LogP contribution in [0.1, 0.15) is 11.1 Å². The van der Waals surface area contributed by atoms with Crippen LogP contribution in [-0.2, 0) is 6.18 Å². The number of nitrogens with one attached hydrogen (secondary N) is 2. The smallest absolute Gasteiger partial charge is 0.393 e. The zero-order chi connectivity index (χ0) is 20.6. The molecule has 4 N–H and O–H groups in total. The number of nitrogens with two attached hydrogens (primary N) is 1. The van der Waals surface area contributed by atoms with Gasteiger partial charge in [-0.15, -0.1) is 0 Å². The summed E-state index contributed by atoms with van der Waals surface area (Å²) < 4.78 is 39.8. The van der Waals surface area contributed by atoms with E-state index in [0.717, 1.165) is 27.9 Å². The normalized spacial score (nSPS) is 11.6. The molecule has 0 radical (unpaired) electrons. The highest BCUT2D eigenvalue weighted by atomic mass is 32.1. The number of halogens is 3. The summed E-state index contributed by atoms with van der Waals surface area (Å²) in [5, 5.41) is 6.48. The van der Waals surface area contributed by atoms with Gasteiger partial charge < -0.3 is 16.4 Å². The summed E-state index contributed by atoms with van der Waals surface area (Å²) in [7, 11) is 0. The number of aromatic nitrogens is 3. The van der Waals surface area contributed by atoms with Crippen LogP contribution in [0.2, 0.25) is 0 Å². The van der Waals surface area contributed by atoms with Crippen LogP contribution >= 0.6 is 11.3 Å². The van der Waals surface area contributed by atoms with E-state index in [4.69, 9.17) is 5.73 Å². The van der Waals surface area contributed by atoms with Crippen molar-refractivity contribution in [3.05, 3.63) is 59.9 Å². The van der Waals surface area contributed by atoms with Gasteiger partial charge in [0.2, 0.25) is 0 Å².